The predicted octanol–water partition coefficient (Wildman–Crippen LogP) is 3.91. The van der Waals surface area contributed by atoms with Crippen molar-refractivity contribution in [3.8, 4) is 5.75 Å². The molecule has 0 amide bonds. The van der Waals surface area contributed by atoms with Crippen LogP contribution in [0.15, 0.2) is 59.6 Å². The second kappa shape index (κ2) is 11.2. The van der Waals surface area contributed by atoms with Crippen LogP contribution in [0.2, 0.25) is 0 Å². The number of guanidine groups is 1. The van der Waals surface area contributed by atoms with Crippen LogP contribution in [0.25, 0.3) is 0 Å². The van der Waals surface area contributed by atoms with Crippen molar-refractivity contribution in [3.05, 3.63) is 71.3 Å². The van der Waals surface area contributed by atoms with Crippen LogP contribution in [0.4, 0.5) is 5.69 Å². The van der Waals surface area contributed by atoms with Crippen molar-refractivity contribution < 1.29 is 4.74 Å². The second-order valence-electron chi connectivity index (χ2n) is 7.46. The van der Waals surface area contributed by atoms with E-state index in [0.29, 0.717) is 6.54 Å². The van der Waals surface area contributed by atoms with Crippen LogP contribution in [-0.2, 0) is 19.4 Å². The van der Waals surface area contributed by atoms with Crippen LogP contribution in [0.5, 0.6) is 5.75 Å². The van der Waals surface area contributed by atoms with Gasteiger partial charge in [0.25, 0.3) is 0 Å². The molecular formula is C24H31IN4O. The minimum atomic E-state index is 0. The summed E-state index contributed by atoms with van der Waals surface area (Å²) >= 11 is 0. The van der Waals surface area contributed by atoms with Gasteiger partial charge in [0, 0.05) is 38.3 Å². The Morgan fingerprint density at radius 3 is 2.77 bits per heavy atom. The van der Waals surface area contributed by atoms with E-state index in [1.54, 1.807) is 0 Å². The molecule has 2 N–H and O–H groups in total. The van der Waals surface area contributed by atoms with Gasteiger partial charge in [-0.15, -0.1) is 24.0 Å². The number of ether oxygens (including phenoxy) is 1. The fourth-order valence-corrected chi connectivity index (χ4v) is 3.77. The van der Waals surface area contributed by atoms with Crippen molar-refractivity contribution in [1.29, 1.82) is 0 Å². The summed E-state index contributed by atoms with van der Waals surface area (Å²) in [5.41, 5.74) is 5.16. The van der Waals surface area contributed by atoms with Gasteiger partial charge >= 0.3 is 0 Å². The molecule has 0 saturated heterocycles. The number of hydrogen-bond donors (Lipinski definition) is 2. The first-order chi connectivity index (χ1) is 14.3. The van der Waals surface area contributed by atoms with Gasteiger partial charge in [-0.05, 0) is 48.2 Å². The molecule has 6 heteroatoms. The lowest BCUT2D eigenvalue weighted by Crippen LogP contribution is -2.38. The number of nitrogens with zero attached hydrogens (tertiary/aromatic N) is 2. The second-order valence-corrected chi connectivity index (χ2v) is 7.46. The highest BCUT2D eigenvalue weighted by Gasteiger charge is 2.12. The summed E-state index contributed by atoms with van der Waals surface area (Å²) in [4.78, 5) is 7.14. The van der Waals surface area contributed by atoms with E-state index in [1.807, 2.05) is 0 Å². The van der Waals surface area contributed by atoms with E-state index in [-0.39, 0.29) is 24.0 Å². The Morgan fingerprint density at radius 1 is 1.07 bits per heavy atom. The van der Waals surface area contributed by atoms with Gasteiger partial charge in [-0.1, -0.05) is 36.4 Å². The Bertz CT molecular complexity index is 889. The summed E-state index contributed by atoms with van der Waals surface area (Å²) < 4.78 is 5.59. The fourth-order valence-electron chi connectivity index (χ4n) is 3.77. The zero-order valence-electron chi connectivity index (χ0n) is 17.6. The topological polar surface area (TPSA) is 48.9 Å². The van der Waals surface area contributed by atoms with Gasteiger partial charge < -0.3 is 20.3 Å². The molecule has 2 heterocycles. The fraction of sp³-hybridized carbons (Fsp3) is 0.375. The van der Waals surface area contributed by atoms with Crippen LogP contribution in [-0.4, -0.2) is 38.7 Å². The van der Waals surface area contributed by atoms with E-state index >= 15 is 0 Å². The molecule has 0 aliphatic carbocycles. The number of anilines is 1. The van der Waals surface area contributed by atoms with Gasteiger partial charge in [-0.2, -0.15) is 0 Å². The zero-order chi connectivity index (χ0) is 19.9. The molecule has 4 rings (SSSR count). The lowest BCUT2D eigenvalue weighted by atomic mass is 10.1. The minimum Gasteiger partial charge on any atom is -0.493 e. The molecule has 0 unspecified atom stereocenters. The average Bonchev–Trinajstić information content (AvgIpc) is 3.44. The molecule has 0 spiro atoms. The number of aliphatic imine (C=N–C) groups is 1. The van der Waals surface area contributed by atoms with E-state index in [2.05, 4.69) is 77.1 Å². The van der Waals surface area contributed by atoms with E-state index < -0.39 is 0 Å². The molecule has 0 radical (unpaired) electrons. The molecule has 0 bridgehead atoms. The van der Waals surface area contributed by atoms with Gasteiger partial charge in [-0.25, -0.2) is 4.99 Å². The van der Waals surface area contributed by atoms with E-state index in [1.165, 1.54) is 22.4 Å². The first-order valence-corrected chi connectivity index (χ1v) is 10.6. The first-order valence-electron chi connectivity index (χ1n) is 10.6. The Labute approximate surface area is 196 Å². The summed E-state index contributed by atoms with van der Waals surface area (Å²) in [7, 11) is 0. The van der Waals surface area contributed by atoms with Crippen molar-refractivity contribution >= 4 is 35.6 Å². The van der Waals surface area contributed by atoms with E-state index in [0.717, 1.165) is 57.3 Å². The molecule has 0 fully saturated rings. The van der Waals surface area contributed by atoms with Crippen molar-refractivity contribution in [1.82, 2.24) is 10.6 Å². The van der Waals surface area contributed by atoms with Gasteiger partial charge in [0.1, 0.15) is 5.75 Å². The van der Waals surface area contributed by atoms with E-state index in [9.17, 15) is 0 Å². The number of benzene rings is 2. The van der Waals surface area contributed by atoms with Crippen LogP contribution < -0.4 is 20.3 Å². The minimum absolute atomic E-state index is 0. The number of rotatable bonds is 7. The molecule has 5 nitrogen and oxygen atoms in total. The number of nitrogens with one attached hydrogen (secondary N) is 2. The van der Waals surface area contributed by atoms with Crippen LogP contribution >= 0.6 is 24.0 Å². The molecule has 0 atom stereocenters. The Balaban J connectivity index is 0.00000256. The first kappa shape index (κ1) is 22.5. The smallest absolute Gasteiger partial charge is 0.191 e. The van der Waals surface area contributed by atoms with E-state index in [4.69, 9.17) is 9.73 Å². The molecule has 2 aliphatic heterocycles. The zero-order valence-corrected chi connectivity index (χ0v) is 19.9. The maximum Gasteiger partial charge on any atom is 0.191 e. The van der Waals surface area contributed by atoms with Crippen LogP contribution in [0.1, 0.15) is 23.6 Å². The highest BCUT2D eigenvalue weighted by atomic mass is 127. The summed E-state index contributed by atoms with van der Waals surface area (Å²) in [5.74, 6) is 1.91. The monoisotopic (exact) mass is 518 g/mol. The number of halogens is 1. The molecule has 2 aliphatic rings. The highest BCUT2D eigenvalue weighted by Crippen LogP contribution is 2.25. The third kappa shape index (κ3) is 5.90. The Hall–Kier alpha value is -2.22. The van der Waals surface area contributed by atoms with Crippen LogP contribution in [0, 0.1) is 0 Å². The Morgan fingerprint density at radius 2 is 1.93 bits per heavy atom. The third-order valence-electron chi connectivity index (χ3n) is 5.32. The molecule has 160 valence electrons. The lowest BCUT2D eigenvalue weighted by Gasteiger charge is -2.18. The summed E-state index contributed by atoms with van der Waals surface area (Å²) in [5, 5.41) is 6.81. The molecule has 0 aromatic heterocycles. The van der Waals surface area contributed by atoms with Gasteiger partial charge in [-0.3, -0.25) is 0 Å². The van der Waals surface area contributed by atoms with Crippen molar-refractivity contribution in [2.75, 3.05) is 37.7 Å². The quantitative estimate of drug-likeness (QED) is 0.253. The normalized spacial score (nSPS) is 14.8. The number of fused-ring (bicyclic) bond motifs is 1. The third-order valence-corrected chi connectivity index (χ3v) is 5.32. The highest BCUT2D eigenvalue weighted by molar-refractivity contribution is 14.0. The molecule has 0 saturated carbocycles. The summed E-state index contributed by atoms with van der Waals surface area (Å²) in [6.45, 7) is 7.26. The average molecular weight is 518 g/mol. The molecular weight excluding hydrogens is 487 g/mol. The van der Waals surface area contributed by atoms with Crippen molar-refractivity contribution in [2.45, 2.75) is 26.3 Å². The maximum atomic E-state index is 5.59. The summed E-state index contributed by atoms with van der Waals surface area (Å²) in [6, 6.07) is 15.2. The Kier molecular flexibility index (Phi) is 8.42. The standard InChI is InChI=1S/C24H30N4O.HI/c1-2-25-24(26-12-10-19-8-9-23-21(16-19)11-15-29-23)27-18-20-6-5-7-22(17-20)28-13-3-4-14-28;/h3-9,16-17H,2,10-15,18H2,1H3,(H2,25,26,27);1H. The SMILES string of the molecule is CCNC(=NCc1cccc(N2CC=CC2)c1)NCCc1ccc2c(c1)CCO2.I. The van der Waals surface area contributed by atoms with Gasteiger partial charge in [0.2, 0.25) is 0 Å². The molecule has 2 aromatic carbocycles. The predicted molar refractivity (Wildman–Crippen MR) is 135 cm³/mol. The van der Waals surface area contributed by atoms with Crippen LogP contribution in [0.3, 0.4) is 0 Å². The lowest BCUT2D eigenvalue weighted by molar-refractivity contribution is 0.357. The van der Waals surface area contributed by atoms with Crippen molar-refractivity contribution in [2.24, 2.45) is 4.99 Å². The largest absolute Gasteiger partial charge is 0.493 e. The maximum absolute atomic E-state index is 5.59. The van der Waals surface area contributed by atoms with Crippen molar-refractivity contribution in [3.63, 3.8) is 0 Å². The summed E-state index contributed by atoms with van der Waals surface area (Å²) in [6.07, 6.45) is 6.42. The molecule has 30 heavy (non-hydrogen) atoms. The molecule has 2 aromatic rings. The van der Waals surface area contributed by atoms with Gasteiger partial charge in [0.05, 0.1) is 13.2 Å². The van der Waals surface area contributed by atoms with Gasteiger partial charge in [0.15, 0.2) is 5.96 Å². The number of hydrogen-bond acceptors (Lipinski definition) is 3.